The molecular formula is C20H21N3O4. The van der Waals surface area contributed by atoms with Crippen LogP contribution in [0.2, 0.25) is 0 Å². The number of aryl methyl sites for hydroxylation is 1. The number of rotatable bonds is 7. The fraction of sp³-hybridized carbons (Fsp3) is 0.200. The molecule has 0 unspecified atom stereocenters. The second kappa shape index (κ2) is 8.27. The van der Waals surface area contributed by atoms with E-state index in [1.54, 1.807) is 39.5 Å². The first-order chi connectivity index (χ1) is 13.1. The highest BCUT2D eigenvalue weighted by Crippen LogP contribution is 2.40. The molecule has 7 nitrogen and oxygen atoms in total. The number of nitrogens with one attached hydrogen (secondary N) is 1. The van der Waals surface area contributed by atoms with Gasteiger partial charge in [-0.1, -0.05) is 18.2 Å². The largest absolute Gasteiger partial charge is 0.493 e. The van der Waals surface area contributed by atoms with Crippen LogP contribution >= 0.6 is 0 Å². The number of hydrogen-bond donors (Lipinski definition) is 1. The van der Waals surface area contributed by atoms with Crippen molar-refractivity contribution >= 4 is 11.6 Å². The van der Waals surface area contributed by atoms with Gasteiger partial charge in [0.25, 0.3) is 0 Å². The second-order valence-electron chi connectivity index (χ2n) is 5.63. The van der Waals surface area contributed by atoms with E-state index in [9.17, 15) is 0 Å². The van der Waals surface area contributed by atoms with E-state index in [4.69, 9.17) is 18.9 Å². The molecule has 0 spiro atoms. The third-order valence-electron chi connectivity index (χ3n) is 3.72. The van der Waals surface area contributed by atoms with E-state index in [-0.39, 0.29) is 0 Å². The fourth-order valence-corrected chi connectivity index (χ4v) is 2.54. The molecule has 7 heteroatoms. The molecule has 3 rings (SSSR count). The number of hydrogen-bond acceptors (Lipinski definition) is 7. The summed E-state index contributed by atoms with van der Waals surface area (Å²) < 4.78 is 21.9. The Kier molecular flexibility index (Phi) is 5.61. The molecule has 1 heterocycles. The predicted octanol–water partition coefficient (Wildman–Crippen LogP) is 4.35. The Hall–Kier alpha value is -3.48. The van der Waals surface area contributed by atoms with Gasteiger partial charge in [-0.2, -0.15) is 4.98 Å². The summed E-state index contributed by atoms with van der Waals surface area (Å²) in [5, 5.41) is 3.15. The number of benzene rings is 2. The van der Waals surface area contributed by atoms with Crippen molar-refractivity contribution in [2.24, 2.45) is 0 Å². The van der Waals surface area contributed by atoms with Gasteiger partial charge in [-0.05, 0) is 19.1 Å². The van der Waals surface area contributed by atoms with Crippen LogP contribution in [-0.2, 0) is 0 Å². The first-order valence-electron chi connectivity index (χ1n) is 8.28. The van der Waals surface area contributed by atoms with E-state index in [1.807, 2.05) is 37.3 Å². The Morgan fingerprint density at radius 1 is 0.815 bits per heavy atom. The van der Waals surface area contributed by atoms with Crippen LogP contribution in [0.3, 0.4) is 0 Å². The summed E-state index contributed by atoms with van der Waals surface area (Å²) in [6.45, 7) is 1.87. The zero-order chi connectivity index (χ0) is 19.2. The molecule has 27 heavy (non-hydrogen) atoms. The SMILES string of the molecule is COc1cc(Nc2nc(C)cc(Oc3ccccc3)n2)cc(OC)c1OC. The molecular weight excluding hydrogens is 346 g/mol. The van der Waals surface area contributed by atoms with Crippen LogP contribution in [0.4, 0.5) is 11.6 Å². The highest BCUT2D eigenvalue weighted by atomic mass is 16.5. The molecule has 0 aliphatic heterocycles. The van der Waals surface area contributed by atoms with Crippen molar-refractivity contribution in [3.8, 4) is 28.9 Å². The maximum Gasteiger partial charge on any atom is 0.230 e. The lowest BCUT2D eigenvalue weighted by Gasteiger charge is -2.15. The first kappa shape index (κ1) is 18.3. The fourth-order valence-electron chi connectivity index (χ4n) is 2.54. The van der Waals surface area contributed by atoms with Crippen LogP contribution in [0.1, 0.15) is 5.69 Å². The lowest BCUT2D eigenvalue weighted by Crippen LogP contribution is -2.02. The van der Waals surface area contributed by atoms with Gasteiger partial charge in [-0.25, -0.2) is 4.98 Å². The average molecular weight is 367 g/mol. The zero-order valence-electron chi connectivity index (χ0n) is 15.6. The number of para-hydroxylation sites is 1. The van der Waals surface area contributed by atoms with Crippen molar-refractivity contribution in [2.45, 2.75) is 6.92 Å². The summed E-state index contributed by atoms with van der Waals surface area (Å²) in [7, 11) is 4.69. The minimum absolute atomic E-state index is 0.398. The third-order valence-corrected chi connectivity index (χ3v) is 3.72. The van der Waals surface area contributed by atoms with Gasteiger partial charge in [0.2, 0.25) is 17.6 Å². The van der Waals surface area contributed by atoms with Gasteiger partial charge in [0.15, 0.2) is 11.5 Å². The molecule has 1 N–H and O–H groups in total. The number of anilines is 2. The van der Waals surface area contributed by atoms with Crippen molar-refractivity contribution in [2.75, 3.05) is 26.6 Å². The predicted molar refractivity (Wildman–Crippen MR) is 103 cm³/mol. The standard InChI is InChI=1S/C20H21N3O4/c1-13-10-18(27-15-8-6-5-7-9-15)23-20(21-13)22-14-11-16(24-2)19(26-4)17(12-14)25-3/h5-12H,1-4H3,(H,21,22,23). The van der Waals surface area contributed by atoms with Crippen molar-refractivity contribution < 1.29 is 18.9 Å². The topological polar surface area (TPSA) is 74.7 Å². The average Bonchev–Trinajstić information content (AvgIpc) is 2.67. The van der Waals surface area contributed by atoms with Gasteiger partial charge < -0.3 is 24.3 Å². The van der Waals surface area contributed by atoms with Crippen molar-refractivity contribution in [1.82, 2.24) is 9.97 Å². The van der Waals surface area contributed by atoms with E-state index < -0.39 is 0 Å². The van der Waals surface area contributed by atoms with Crippen LogP contribution in [0.15, 0.2) is 48.5 Å². The lowest BCUT2D eigenvalue weighted by atomic mass is 10.2. The van der Waals surface area contributed by atoms with Crippen LogP contribution in [0, 0.1) is 6.92 Å². The maximum absolute atomic E-state index is 5.80. The van der Waals surface area contributed by atoms with Crippen LogP contribution in [0.25, 0.3) is 0 Å². The van der Waals surface area contributed by atoms with Crippen molar-refractivity contribution in [3.63, 3.8) is 0 Å². The molecule has 0 atom stereocenters. The minimum atomic E-state index is 0.398. The molecule has 0 aliphatic rings. The summed E-state index contributed by atoms with van der Waals surface area (Å²) in [5.74, 6) is 3.14. The molecule has 0 amide bonds. The van der Waals surface area contributed by atoms with Gasteiger partial charge in [0.1, 0.15) is 5.75 Å². The molecule has 2 aromatic carbocycles. The molecule has 3 aromatic rings. The van der Waals surface area contributed by atoms with Crippen LogP contribution in [0.5, 0.6) is 28.9 Å². The quantitative estimate of drug-likeness (QED) is 0.665. The number of nitrogens with zero attached hydrogens (tertiary/aromatic N) is 2. The zero-order valence-corrected chi connectivity index (χ0v) is 15.6. The summed E-state index contributed by atoms with van der Waals surface area (Å²) >= 11 is 0. The molecule has 0 saturated carbocycles. The molecule has 0 fully saturated rings. The minimum Gasteiger partial charge on any atom is -0.493 e. The highest BCUT2D eigenvalue weighted by Gasteiger charge is 2.14. The highest BCUT2D eigenvalue weighted by molar-refractivity contribution is 5.65. The maximum atomic E-state index is 5.80. The Bertz CT molecular complexity index is 891. The molecule has 0 radical (unpaired) electrons. The number of aromatic nitrogens is 2. The van der Waals surface area contributed by atoms with E-state index in [1.165, 1.54) is 0 Å². The molecule has 0 bridgehead atoms. The Morgan fingerprint density at radius 2 is 1.48 bits per heavy atom. The van der Waals surface area contributed by atoms with Crippen molar-refractivity contribution in [1.29, 1.82) is 0 Å². The molecule has 140 valence electrons. The second-order valence-corrected chi connectivity index (χ2v) is 5.63. The summed E-state index contributed by atoms with van der Waals surface area (Å²) in [5.41, 5.74) is 1.46. The Labute approximate surface area is 157 Å². The van der Waals surface area contributed by atoms with Crippen LogP contribution in [-0.4, -0.2) is 31.3 Å². The van der Waals surface area contributed by atoms with E-state index >= 15 is 0 Å². The van der Waals surface area contributed by atoms with E-state index in [2.05, 4.69) is 15.3 Å². The van der Waals surface area contributed by atoms with E-state index in [0.717, 1.165) is 5.69 Å². The third kappa shape index (κ3) is 4.38. The van der Waals surface area contributed by atoms with Gasteiger partial charge >= 0.3 is 0 Å². The summed E-state index contributed by atoms with van der Waals surface area (Å²) in [6.07, 6.45) is 0. The molecule has 0 aliphatic carbocycles. The normalized spacial score (nSPS) is 10.2. The molecule has 1 aromatic heterocycles. The Morgan fingerprint density at radius 3 is 2.07 bits per heavy atom. The first-order valence-corrected chi connectivity index (χ1v) is 8.28. The van der Waals surface area contributed by atoms with E-state index in [0.29, 0.717) is 40.5 Å². The van der Waals surface area contributed by atoms with Crippen LogP contribution < -0.4 is 24.3 Å². The number of ether oxygens (including phenoxy) is 4. The van der Waals surface area contributed by atoms with Gasteiger partial charge in [0, 0.05) is 29.6 Å². The van der Waals surface area contributed by atoms with Gasteiger partial charge in [-0.15, -0.1) is 0 Å². The summed E-state index contributed by atoms with van der Waals surface area (Å²) in [4.78, 5) is 8.83. The molecule has 0 saturated heterocycles. The monoisotopic (exact) mass is 367 g/mol. The smallest absolute Gasteiger partial charge is 0.230 e. The van der Waals surface area contributed by atoms with Crippen molar-refractivity contribution in [3.05, 3.63) is 54.2 Å². The lowest BCUT2D eigenvalue weighted by molar-refractivity contribution is 0.324. The Balaban J connectivity index is 1.89. The summed E-state index contributed by atoms with van der Waals surface area (Å²) in [6, 6.07) is 14.8. The van der Waals surface area contributed by atoms with Gasteiger partial charge in [-0.3, -0.25) is 0 Å². The number of methoxy groups -OCH3 is 3. The van der Waals surface area contributed by atoms with Gasteiger partial charge in [0.05, 0.1) is 21.3 Å².